The third kappa shape index (κ3) is 3.55. The van der Waals surface area contributed by atoms with Crippen molar-refractivity contribution in [1.82, 2.24) is 4.90 Å². The molecule has 1 aromatic rings. The molecule has 1 atom stereocenters. The summed E-state index contributed by atoms with van der Waals surface area (Å²) < 4.78 is 0. The second-order valence-corrected chi connectivity index (χ2v) is 5.15. The van der Waals surface area contributed by atoms with Gasteiger partial charge in [0.2, 0.25) is 0 Å². The Bertz CT molecular complexity index is 377. The molecule has 1 unspecified atom stereocenters. The second kappa shape index (κ2) is 6.32. The predicted molar refractivity (Wildman–Crippen MR) is 72.4 cm³/mol. The van der Waals surface area contributed by atoms with E-state index in [9.17, 15) is 5.11 Å². The van der Waals surface area contributed by atoms with Crippen LogP contribution < -0.4 is 0 Å². The fraction of sp³-hybridized carbons (Fsp3) is 0.600. The van der Waals surface area contributed by atoms with E-state index in [4.69, 9.17) is 5.11 Å². The number of rotatable bonds is 7. The highest BCUT2D eigenvalue weighted by Gasteiger charge is 2.28. The van der Waals surface area contributed by atoms with Crippen molar-refractivity contribution < 1.29 is 10.2 Å². The van der Waals surface area contributed by atoms with Gasteiger partial charge >= 0.3 is 0 Å². The molecule has 100 valence electrons. The molecule has 0 heterocycles. The number of aliphatic hydroxyl groups excluding tert-OH is 2. The van der Waals surface area contributed by atoms with Gasteiger partial charge in [0.15, 0.2) is 0 Å². The normalized spacial score (nSPS) is 17.1. The summed E-state index contributed by atoms with van der Waals surface area (Å²) in [7, 11) is 0. The summed E-state index contributed by atoms with van der Waals surface area (Å²) in [5.74, 6) is 0. The largest absolute Gasteiger partial charge is 0.395 e. The fourth-order valence-electron chi connectivity index (χ4n) is 2.45. The average molecular weight is 249 g/mol. The van der Waals surface area contributed by atoms with E-state index in [1.807, 2.05) is 31.2 Å². The molecule has 0 spiro atoms. The molecule has 3 nitrogen and oxygen atoms in total. The van der Waals surface area contributed by atoms with Gasteiger partial charge in [0.25, 0.3) is 0 Å². The Balaban J connectivity index is 1.87. The van der Waals surface area contributed by atoms with Crippen LogP contribution in [-0.2, 0) is 0 Å². The van der Waals surface area contributed by atoms with Crippen LogP contribution in [0.2, 0.25) is 0 Å². The molecule has 1 aliphatic rings. The van der Waals surface area contributed by atoms with Crippen LogP contribution in [0.25, 0.3) is 0 Å². The van der Waals surface area contributed by atoms with Crippen LogP contribution in [0.3, 0.4) is 0 Å². The summed E-state index contributed by atoms with van der Waals surface area (Å²) in [6.45, 7) is 3.83. The first-order valence-corrected chi connectivity index (χ1v) is 6.81. The molecule has 1 fully saturated rings. The molecule has 0 bridgehead atoms. The minimum Gasteiger partial charge on any atom is -0.395 e. The van der Waals surface area contributed by atoms with E-state index in [1.54, 1.807) is 0 Å². The molecule has 18 heavy (non-hydrogen) atoms. The molecule has 1 aromatic carbocycles. The number of hydrogen-bond donors (Lipinski definition) is 2. The van der Waals surface area contributed by atoms with Gasteiger partial charge in [-0.05, 0) is 37.3 Å². The second-order valence-electron chi connectivity index (χ2n) is 5.15. The number of aliphatic hydroxyl groups is 2. The third-order valence-corrected chi connectivity index (χ3v) is 3.69. The number of hydrogen-bond acceptors (Lipinski definition) is 3. The lowest BCUT2D eigenvalue weighted by atomic mass is 10.0. The summed E-state index contributed by atoms with van der Waals surface area (Å²) >= 11 is 0. The molecule has 0 aromatic heterocycles. The zero-order valence-electron chi connectivity index (χ0n) is 11.0. The Labute approximate surface area is 109 Å². The van der Waals surface area contributed by atoms with Crippen LogP contribution in [0, 0.1) is 6.92 Å². The SMILES string of the molecule is Cc1ccccc1C(O)CCN(CCO)C1CC1. The summed E-state index contributed by atoms with van der Waals surface area (Å²) in [6.07, 6.45) is 2.81. The number of aryl methyl sites for hydroxylation is 1. The quantitative estimate of drug-likeness (QED) is 0.775. The van der Waals surface area contributed by atoms with Crippen LogP contribution in [0.5, 0.6) is 0 Å². The first-order chi connectivity index (χ1) is 8.72. The summed E-state index contributed by atoms with van der Waals surface area (Å²) in [4.78, 5) is 2.29. The molecule has 0 aliphatic heterocycles. The minimum absolute atomic E-state index is 0.205. The van der Waals surface area contributed by atoms with E-state index in [0.717, 1.165) is 30.6 Å². The van der Waals surface area contributed by atoms with Gasteiger partial charge in [-0.2, -0.15) is 0 Å². The van der Waals surface area contributed by atoms with E-state index in [-0.39, 0.29) is 6.61 Å². The van der Waals surface area contributed by atoms with Crippen LogP contribution in [0.1, 0.15) is 36.5 Å². The van der Waals surface area contributed by atoms with E-state index >= 15 is 0 Å². The monoisotopic (exact) mass is 249 g/mol. The Hall–Kier alpha value is -0.900. The Morgan fingerprint density at radius 2 is 2.00 bits per heavy atom. The van der Waals surface area contributed by atoms with Crippen molar-refractivity contribution in [2.75, 3.05) is 19.7 Å². The maximum Gasteiger partial charge on any atom is 0.0804 e. The highest BCUT2D eigenvalue weighted by Crippen LogP contribution is 2.28. The zero-order chi connectivity index (χ0) is 13.0. The lowest BCUT2D eigenvalue weighted by Gasteiger charge is -2.23. The van der Waals surface area contributed by atoms with Gasteiger partial charge in [-0.1, -0.05) is 24.3 Å². The van der Waals surface area contributed by atoms with Crippen LogP contribution in [-0.4, -0.2) is 40.9 Å². The molecular weight excluding hydrogens is 226 g/mol. The maximum atomic E-state index is 10.2. The number of benzene rings is 1. The van der Waals surface area contributed by atoms with Gasteiger partial charge in [-0.3, -0.25) is 4.90 Å². The standard InChI is InChI=1S/C15H23NO2/c1-12-4-2-3-5-14(12)15(18)8-9-16(10-11-17)13-6-7-13/h2-5,13,15,17-18H,6-11H2,1H3. The van der Waals surface area contributed by atoms with Crippen molar-refractivity contribution in [2.45, 2.75) is 38.3 Å². The molecule has 2 rings (SSSR count). The van der Waals surface area contributed by atoms with E-state index in [2.05, 4.69) is 4.90 Å². The third-order valence-electron chi connectivity index (χ3n) is 3.69. The first-order valence-electron chi connectivity index (χ1n) is 6.81. The van der Waals surface area contributed by atoms with Gasteiger partial charge in [0, 0.05) is 19.1 Å². The summed E-state index contributed by atoms with van der Waals surface area (Å²) in [5.41, 5.74) is 2.17. The van der Waals surface area contributed by atoms with Crippen molar-refractivity contribution in [3.63, 3.8) is 0 Å². The lowest BCUT2D eigenvalue weighted by Crippen LogP contribution is -2.31. The Morgan fingerprint density at radius 3 is 2.61 bits per heavy atom. The highest BCUT2D eigenvalue weighted by molar-refractivity contribution is 5.27. The van der Waals surface area contributed by atoms with Crippen molar-refractivity contribution >= 4 is 0 Å². The minimum atomic E-state index is -0.397. The lowest BCUT2D eigenvalue weighted by molar-refractivity contribution is 0.127. The van der Waals surface area contributed by atoms with Gasteiger partial charge < -0.3 is 10.2 Å². The Kier molecular flexibility index (Phi) is 4.75. The van der Waals surface area contributed by atoms with Crippen molar-refractivity contribution in [3.8, 4) is 0 Å². The topological polar surface area (TPSA) is 43.7 Å². The molecule has 1 saturated carbocycles. The van der Waals surface area contributed by atoms with Crippen LogP contribution >= 0.6 is 0 Å². The van der Waals surface area contributed by atoms with Gasteiger partial charge in [-0.25, -0.2) is 0 Å². The number of nitrogens with zero attached hydrogens (tertiary/aromatic N) is 1. The first kappa shape index (κ1) is 13.5. The van der Waals surface area contributed by atoms with Crippen molar-refractivity contribution in [1.29, 1.82) is 0 Å². The highest BCUT2D eigenvalue weighted by atomic mass is 16.3. The van der Waals surface area contributed by atoms with Gasteiger partial charge in [-0.15, -0.1) is 0 Å². The Morgan fingerprint density at radius 1 is 1.28 bits per heavy atom. The molecular formula is C15H23NO2. The fourth-order valence-corrected chi connectivity index (χ4v) is 2.45. The van der Waals surface area contributed by atoms with Gasteiger partial charge in [0.05, 0.1) is 12.7 Å². The molecule has 0 amide bonds. The van der Waals surface area contributed by atoms with Crippen LogP contribution in [0.4, 0.5) is 0 Å². The zero-order valence-corrected chi connectivity index (χ0v) is 11.0. The molecule has 1 aliphatic carbocycles. The average Bonchev–Trinajstić information content (AvgIpc) is 3.19. The molecule has 2 N–H and O–H groups in total. The smallest absolute Gasteiger partial charge is 0.0804 e. The maximum absolute atomic E-state index is 10.2. The molecule has 3 heteroatoms. The molecule has 0 radical (unpaired) electrons. The van der Waals surface area contributed by atoms with Crippen molar-refractivity contribution in [2.24, 2.45) is 0 Å². The predicted octanol–water partition coefficient (Wildman–Crippen LogP) is 1.88. The van der Waals surface area contributed by atoms with E-state index in [0.29, 0.717) is 6.04 Å². The van der Waals surface area contributed by atoms with Gasteiger partial charge in [0.1, 0.15) is 0 Å². The molecule has 0 saturated heterocycles. The van der Waals surface area contributed by atoms with E-state index in [1.165, 1.54) is 12.8 Å². The van der Waals surface area contributed by atoms with E-state index < -0.39 is 6.10 Å². The summed E-state index contributed by atoms with van der Waals surface area (Å²) in [6, 6.07) is 8.63. The summed E-state index contributed by atoms with van der Waals surface area (Å²) in [5, 5.41) is 19.3. The van der Waals surface area contributed by atoms with Crippen molar-refractivity contribution in [3.05, 3.63) is 35.4 Å². The van der Waals surface area contributed by atoms with Crippen LogP contribution in [0.15, 0.2) is 24.3 Å².